The second-order valence-corrected chi connectivity index (χ2v) is 3.29. The Labute approximate surface area is 89.2 Å². The number of carbonyl (C=O) groups is 1. The molecule has 0 radical (unpaired) electrons. The first kappa shape index (κ1) is 11.4. The molecule has 0 unspecified atom stereocenters. The van der Waals surface area contributed by atoms with Crippen LogP contribution in [0.5, 0.6) is 0 Å². The number of hydrogen-bond donors (Lipinski definition) is 0. The zero-order chi connectivity index (χ0) is 11.1. The van der Waals surface area contributed by atoms with Crippen LogP contribution in [0.3, 0.4) is 0 Å². The van der Waals surface area contributed by atoms with Gasteiger partial charge in [0.1, 0.15) is 6.73 Å². The molecule has 1 heterocycles. The highest BCUT2D eigenvalue weighted by Crippen LogP contribution is 1.98. The first-order valence-corrected chi connectivity index (χ1v) is 4.58. The van der Waals surface area contributed by atoms with E-state index in [0.717, 1.165) is 5.56 Å². The fraction of sp³-hybridized carbons (Fsp3) is 0.273. The van der Waals surface area contributed by atoms with Gasteiger partial charge in [-0.15, -0.1) is 0 Å². The molecule has 0 aliphatic carbocycles. The Morgan fingerprint density at radius 2 is 2.40 bits per heavy atom. The number of hydrogen-bond acceptors (Lipinski definition) is 4. The van der Waals surface area contributed by atoms with Crippen LogP contribution >= 0.6 is 0 Å². The van der Waals surface area contributed by atoms with Crippen LogP contribution in [0.2, 0.25) is 0 Å². The van der Waals surface area contributed by atoms with Crippen LogP contribution < -0.4 is 0 Å². The van der Waals surface area contributed by atoms with Crippen LogP contribution in [-0.2, 0) is 9.53 Å². The Morgan fingerprint density at radius 1 is 1.60 bits per heavy atom. The van der Waals surface area contributed by atoms with Crippen LogP contribution in [0.15, 0.2) is 30.6 Å². The molecule has 80 valence electrons. The summed E-state index contributed by atoms with van der Waals surface area (Å²) in [5, 5.41) is 0. The largest absolute Gasteiger partial charge is 0.446 e. The van der Waals surface area contributed by atoms with Crippen LogP contribution in [0.1, 0.15) is 5.56 Å². The summed E-state index contributed by atoms with van der Waals surface area (Å²) in [7, 11) is 3.66. The molecule has 0 saturated heterocycles. The molecule has 0 bridgehead atoms. The maximum Gasteiger partial charge on any atom is 0.332 e. The Hall–Kier alpha value is -1.68. The summed E-state index contributed by atoms with van der Waals surface area (Å²) < 4.78 is 4.90. The topological polar surface area (TPSA) is 42.4 Å². The quantitative estimate of drug-likeness (QED) is 0.421. The number of nitrogens with zero attached hydrogens (tertiary/aromatic N) is 2. The number of rotatable bonds is 4. The van der Waals surface area contributed by atoms with Gasteiger partial charge >= 0.3 is 5.97 Å². The summed E-state index contributed by atoms with van der Waals surface area (Å²) in [5.74, 6) is -0.354. The molecular weight excluding hydrogens is 192 g/mol. The summed E-state index contributed by atoms with van der Waals surface area (Å²) >= 11 is 0. The monoisotopic (exact) mass is 206 g/mol. The van der Waals surface area contributed by atoms with Gasteiger partial charge in [0.25, 0.3) is 0 Å². The van der Waals surface area contributed by atoms with Crippen molar-refractivity contribution in [2.24, 2.45) is 0 Å². The Kier molecular flexibility index (Phi) is 4.50. The Balaban J connectivity index is 2.41. The minimum Gasteiger partial charge on any atom is -0.446 e. The smallest absolute Gasteiger partial charge is 0.332 e. The first-order chi connectivity index (χ1) is 7.18. The van der Waals surface area contributed by atoms with Crippen LogP contribution in [0.4, 0.5) is 0 Å². The standard InChI is InChI=1S/C11H14N2O2/c1-13(2)9-15-11(14)6-5-10-4-3-7-12-8-10/h3-8H,9H2,1-2H3/b6-5+. The molecule has 0 spiro atoms. The zero-order valence-corrected chi connectivity index (χ0v) is 8.88. The van der Waals surface area contributed by atoms with Crippen molar-refractivity contribution in [1.29, 1.82) is 0 Å². The third kappa shape index (κ3) is 4.93. The van der Waals surface area contributed by atoms with Gasteiger partial charge in [-0.25, -0.2) is 4.79 Å². The van der Waals surface area contributed by atoms with Crippen molar-refractivity contribution in [3.05, 3.63) is 36.2 Å². The van der Waals surface area contributed by atoms with Crippen LogP contribution in [0.25, 0.3) is 6.08 Å². The molecule has 0 amide bonds. The van der Waals surface area contributed by atoms with Gasteiger partial charge in [0.15, 0.2) is 0 Å². The molecule has 0 N–H and O–H groups in total. The molecule has 0 aliphatic rings. The van der Waals surface area contributed by atoms with Gasteiger partial charge in [-0.05, 0) is 31.8 Å². The highest BCUT2D eigenvalue weighted by Gasteiger charge is 1.97. The van der Waals surface area contributed by atoms with E-state index in [-0.39, 0.29) is 12.7 Å². The first-order valence-electron chi connectivity index (χ1n) is 4.58. The van der Waals surface area contributed by atoms with Crippen molar-refractivity contribution >= 4 is 12.0 Å². The molecule has 0 saturated carbocycles. The lowest BCUT2D eigenvalue weighted by molar-refractivity contribution is -0.141. The molecule has 1 rings (SSSR count). The van der Waals surface area contributed by atoms with Gasteiger partial charge in [-0.2, -0.15) is 0 Å². The molecule has 0 fully saturated rings. The van der Waals surface area contributed by atoms with E-state index in [2.05, 4.69) is 4.98 Å². The summed E-state index contributed by atoms with van der Waals surface area (Å²) in [5.41, 5.74) is 0.874. The van der Waals surface area contributed by atoms with Crippen molar-refractivity contribution < 1.29 is 9.53 Å². The van der Waals surface area contributed by atoms with E-state index >= 15 is 0 Å². The maximum atomic E-state index is 11.2. The van der Waals surface area contributed by atoms with Crippen LogP contribution in [0, 0.1) is 0 Å². The number of pyridine rings is 1. The lowest BCUT2D eigenvalue weighted by Gasteiger charge is -2.08. The second-order valence-electron chi connectivity index (χ2n) is 3.29. The van der Waals surface area contributed by atoms with Crippen molar-refractivity contribution in [3.63, 3.8) is 0 Å². The number of carbonyl (C=O) groups excluding carboxylic acids is 1. The van der Waals surface area contributed by atoms with Gasteiger partial charge in [-0.1, -0.05) is 6.07 Å². The molecule has 4 nitrogen and oxygen atoms in total. The predicted octanol–water partition coefficient (Wildman–Crippen LogP) is 1.16. The van der Waals surface area contributed by atoms with Gasteiger partial charge in [0.05, 0.1) is 0 Å². The third-order valence-electron chi connectivity index (χ3n) is 1.56. The number of aromatic nitrogens is 1. The molecule has 0 aromatic carbocycles. The van der Waals surface area contributed by atoms with E-state index in [9.17, 15) is 4.79 Å². The fourth-order valence-corrected chi connectivity index (χ4v) is 0.880. The van der Waals surface area contributed by atoms with E-state index < -0.39 is 0 Å². The molecular formula is C11H14N2O2. The molecule has 1 aromatic rings. The van der Waals surface area contributed by atoms with Crippen molar-refractivity contribution in [2.45, 2.75) is 0 Å². The van der Waals surface area contributed by atoms with Crippen molar-refractivity contribution in [1.82, 2.24) is 9.88 Å². The molecule has 0 aliphatic heterocycles. The van der Waals surface area contributed by atoms with Crippen molar-refractivity contribution in [3.8, 4) is 0 Å². The molecule has 1 aromatic heterocycles. The lowest BCUT2D eigenvalue weighted by atomic mass is 10.2. The van der Waals surface area contributed by atoms with Crippen molar-refractivity contribution in [2.75, 3.05) is 20.8 Å². The Morgan fingerprint density at radius 3 is 3.00 bits per heavy atom. The highest BCUT2D eigenvalue weighted by atomic mass is 16.5. The second kappa shape index (κ2) is 5.93. The molecule has 0 atom stereocenters. The predicted molar refractivity (Wildman–Crippen MR) is 57.9 cm³/mol. The molecule has 15 heavy (non-hydrogen) atoms. The summed E-state index contributed by atoms with van der Waals surface area (Å²) in [6.07, 6.45) is 6.42. The van der Waals surface area contributed by atoms with Gasteiger partial charge in [0.2, 0.25) is 0 Å². The summed E-state index contributed by atoms with van der Waals surface area (Å²) in [4.78, 5) is 16.9. The van der Waals surface area contributed by atoms with E-state index in [1.165, 1.54) is 6.08 Å². The minimum atomic E-state index is -0.354. The van der Waals surface area contributed by atoms with Gasteiger partial charge in [-0.3, -0.25) is 9.88 Å². The normalized spacial score (nSPS) is 10.9. The summed E-state index contributed by atoms with van der Waals surface area (Å²) in [6, 6.07) is 3.67. The third-order valence-corrected chi connectivity index (χ3v) is 1.56. The van der Waals surface area contributed by atoms with Gasteiger partial charge in [0, 0.05) is 18.5 Å². The maximum absolute atomic E-state index is 11.2. The van der Waals surface area contributed by atoms with E-state index in [0.29, 0.717) is 0 Å². The number of esters is 1. The minimum absolute atomic E-state index is 0.288. The van der Waals surface area contributed by atoms with Gasteiger partial charge < -0.3 is 4.74 Å². The van der Waals surface area contributed by atoms with E-state index in [4.69, 9.17) is 4.74 Å². The molecule has 4 heteroatoms. The Bertz CT molecular complexity index is 334. The number of ether oxygens (including phenoxy) is 1. The fourth-order valence-electron chi connectivity index (χ4n) is 0.880. The van der Waals surface area contributed by atoms with Crippen LogP contribution in [-0.4, -0.2) is 36.7 Å². The average Bonchev–Trinajstić information content (AvgIpc) is 2.25. The lowest BCUT2D eigenvalue weighted by Crippen LogP contribution is -2.18. The zero-order valence-electron chi connectivity index (χ0n) is 8.88. The SMILES string of the molecule is CN(C)COC(=O)/C=C/c1cccnc1. The highest BCUT2D eigenvalue weighted by molar-refractivity contribution is 5.86. The average molecular weight is 206 g/mol. The van der Waals surface area contributed by atoms with E-state index in [1.54, 1.807) is 23.4 Å². The van der Waals surface area contributed by atoms with E-state index in [1.807, 2.05) is 26.2 Å². The summed E-state index contributed by atoms with van der Waals surface area (Å²) in [6.45, 7) is 0.288.